The average Bonchev–Trinajstić information content (AvgIpc) is 2.71. The van der Waals surface area contributed by atoms with Gasteiger partial charge >= 0.3 is 0 Å². The first-order valence-electron chi connectivity index (χ1n) is 4.07. The van der Waals surface area contributed by atoms with Gasteiger partial charge in [-0.25, -0.2) is 0 Å². The molecule has 4 nitrogen and oxygen atoms in total. The molecule has 1 aliphatic rings. The van der Waals surface area contributed by atoms with E-state index in [1.54, 1.807) is 24.5 Å². The lowest BCUT2D eigenvalue weighted by molar-refractivity contribution is -0.115. The summed E-state index contributed by atoms with van der Waals surface area (Å²) in [6.45, 7) is 0. The normalized spacial score (nSPS) is 19.2. The maximum Gasteiger partial charge on any atom is 0.274 e. The molecule has 14 heavy (non-hydrogen) atoms. The number of rotatable bonds is 1. The number of nitrogens with one attached hydrogen (secondary N) is 2. The van der Waals surface area contributed by atoms with Crippen molar-refractivity contribution in [1.82, 2.24) is 10.2 Å². The highest BCUT2D eigenvalue weighted by Crippen LogP contribution is 2.17. The standard InChI is InChI=1S/C9H9N3OS/c1-12-7(8(13)11-9(12)10)5-6-3-2-4-14-6/h2-5H,1H3,(H2,10,11,13)/b7-5-. The highest BCUT2D eigenvalue weighted by atomic mass is 32.1. The van der Waals surface area contributed by atoms with Gasteiger partial charge in [0, 0.05) is 11.9 Å². The van der Waals surface area contributed by atoms with Gasteiger partial charge in [0.15, 0.2) is 0 Å². The Morgan fingerprint density at radius 2 is 2.43 bits per heavy atom. The summed E-state index contributed by atoms with van der Waals surface area (Å²) in [6, 6.07) is 3.86. The molecule has 0 atom stereocenters. The predicted octanol–water partition coefficient (Wildman–Crippen LogP) is 1.09. The summed E-state index contributed by atoms with van der Waals surface area (Å²) in [5, 5.41) is 11.8. The van der Waals surface area contributed by atoms with Gasteiger partial charge in [-0.15, -0.1) is 11.3 Å². The van der Waals surface area contributed by atoms with Crippen LogP contribution in [0.2, 0.25) is 0 Å². The minimum Gasteiger partial charge on any atom is -0.311 e. The van der Waals surface area contributed by atoms with Crippen molar-refractivity contribution in [3.05, 3.63) is 28.1 Å². The van der Waals surface area contributed by atoms with Crippen LogP contribution >= 0.6 is 11.3 Å². The molecule has 1 fully saturated rings. The molecule has 0 saturated carbocycles. The minimum absolute atomic E-state index is 0.123. The van der Waals surface area contributed by atoms with Crippen molar-refractivity contribution in [1.29, 1.82) is 5.41 Å². The Morgan fingerprint density at radius 1 is 1.64 bits per heavy atom. The van der Waals surface area contributed by atoms with Gasteiger partial charge in [0.1, 0.15) is 5.70 Å². The van der Waals surface area contributed by atoms with Gasteiger partial charge in [-0.1, -0.05) is 6.07 Å². The predicted molar refractivity (Wildman–Crippen MR) is 55.9 cm³/mol. The molecule has 1 aromatic heterocycles. The first kappa shape index (κ1) is 8.96. The molecule has 0 unspecified atom stereocenters. The number of carbonyl (C=O) groups excluding carboxylic acids is 1. The van der Waals surface area contributed by atoms with Crippen molar-refractivity contribution < 1.29 is 4.79 Å². The first-order valence-corrected chi connectivity index (χ1v) is 4.95. The number of hydrogen-bond acceptors (Lipinski definition) is 3. The smallest absolute Gasteiger partial charge is 0.274 e. The molecular weight excluding hydrogens is 198 g/mol. The first-order chi connectivity index (χ1) is 6.68. The van der Waals surface area contributed by atoms with Crippen LogP contribution in [-0.4, -0.2) is 23.8 Å². The fourth-order valence-electron chi connectivity index (χ4n) is 1.20. The summed E-state index contributed by atoms with van der Waals surface area (Å²) in [7, 11) is 1.69. The second-order valence-corrected chi connectivity index (χ2v) is 3.89. The van der Waals surface area contributed by atoms with Crippen molar-refractivity contribution in [3.63, 3.8) is 0 Å². The van der Waals surface area contributed by atoms with Gasteiger partial charge in [-0.05, 0) is 17.5 Å². The molecule has 1 saturated heterocycles. The molecule has 0 radical (unpaired) electrons. The van der Waals surface area contributed by atoms with Gasteiger partial charge in [0.05, 0.1) is 0 Å². The van der Waals surface area contributed by atoms with Crippen LogP contribution in [0.3, 0.4) is 0 Å². The summed E-state index contributed by atoms with van der Waals surface area (Å²) in [4.78, 5) is 13.9. The monoisotopic (exact) mass is 207 g/mol. The van der Waals surface area contributed by atoms with E-state index in [0.29, 0.717) is 5.70 Å². The van der Waals surface area contributed by atoms with Gasteiger partial charge < -0.3 is 4.90 Å². The van der Waals surface area contributed by atoms with Crippen LogP contribution in [0.1, 0.15) is 4.88 Å². The quantitative estimate of drug-likeness (QED) is 0.677. The number of thiophene rings is 1. The summed E-state index contributed by atoms with van der Waals surface area (Å²) in [6.07, 6.45) is 1.78. The number of likely N-dealkylation sites (N-methyl/N-ethyl adjacent to an activating group) is 1. The second-order valence-electron chi connectivity index (χ2n) is 2.91. The highest BCUT2D eigenvalue weighted by Gasteiger charge is 2.26. The number of hydrogen-bond donors (Lipinski definition) is 2. The zero-order valence-corrected chi connectivity index (χ0v) is 8.39. The fraction of sp³-hybridized carbons (Fsp3) is 0.111. The van der Waals surface area contributed by atoms with Crippen LogP contribution in [-0.2, 0) is 4.79 Å². The molecule has 1 amide bonds. The molecular formula is C9H9N3OS. The third-order valence-electron chi connectivity index (χ3n) is 1.98. The van der Waals surface area contributed by atoms with Gasteiger partial charge in [0.25, 0.3) is 5.91 Å². The van der Waals surface area contributed by atoms with E-state index in [1.807, 2.05) is 17.5 Å². The Balaban J connectivity index is 2.34. The largest absolute Gasteiger partial charge is 0.311 e. The molecule has 0 aliphatic carbocycles. The minimum atomic E-state index is -0.217. The highest BCUT2D eigenvalue weighted by molar-refractivity contribution is 7.10. The molecule has 0 aromatic carbocycles. The molecule has 2 N–H and O–H groups in total. The SMILES string of the molecule is CN1C(=N)NC(=O)/C1=C/c1cccs1. The van der Waals surface area contributed by atoms with Crippen LogP contribution in [0.4, 0.5) is 0 Å². The lowest BCUT2D eigenvalue weighted by atomic mass is 10.3. The molecule has 2 rings (SSSR count). The fourth-order valence-corrected chi connectivity index (χ4v) is 1.85. The topological polar surface area (TPSA) is 56.2 Å². The van der Waals surface area contributed by atoms with Crippen molar-refractivity contribution >= 4 is 29.3 Å². The number of nitrogens with zero attached hydrogens (tertiary/aromatic N) is 1. The number of amides is 1. The summed E-state index contributed by atoms with van der Waals surface area (Å²) < 4.78 is 0. The van der Waals surface area contributed by atoms with E-state index in [0.717, 1.165) is 4.88 Å². The molecule has 0 spiro atoms. The zero-order chi connectivity index (χ0) is 10.1. The Hall–Kier alpha value is -1.62. The van der Waals surface area contributed by atoms with E-state index in [9.17, 15) is 4.79 Å². The lowest BCUT2D eigenvalue weighted by Gasteiger charge is -2.07. The zero-order valence-electron chi connectivity index (χ0n) is 7.57. The van der Waals surface area contributed by atoms with Crippen LogP contribution in [0.25, 0.3) is 6.08 Å². The van der Waals surface area contributed by atoms with Crippen LogP contribution in [0, 0.1) is 5.41 Å². The van der Waals surface area contributed by atoms with Crippen molar-refractivity contribution in [3.8, 4) is 0 Å². The van der Waals surface area contributed by atoms with Crippen LogP contribution in [0.5, 0.6) is 0 Å². The lowest BCUT2D eigenvalue weighted by Crippen LogP contribution is -2.25. The van der Waals surface area contributed by atoms with E-state index in [1.165, 1.54) is 4.90 Å². The third-order valence-corrected chi connectivity index (χ3v) is 2.80. The van der Waals surface area contributed by atoms with E-state index in [4.69, 9.17) is 5.41 Å². The second kappa shape index (κ2) is 3.26. The van der Waals surface area contributed by atoms with Gasteiger partial charge in [-0.3, -0.25) is 15.5 Å². The molecule has 2 heterocycles. The van der Waals surface area contributed by atoms with E-state index < -0.39 is 0 Å². The van der Waals surface area contributed by atoms with Crippen molar-refractivity contribution in [2.45, 2.75) is 0 Å². The molecule has 72 valence electrons. The maximum absolute atomic E-state index is 11.4. The van der Waals surface area contributed by atoms with Crippen molar-refractivity contribution in [2.75, 3.05) is 7.05 Å². The van der Waals surface area contributed by atoms with E-state index in [-0.39, 0.29) is 11.9 Å². The molecule has 5 heteroatoms. The third kappa shape index (κ3) is 1.42. The van der Waals surface area contributed by atoms with Crippen LogP contribution in [0.15, 0.2) is 23.2 Å². The van der Waals surface area contributed by atoms with E-state index >= 15 is 0 Å². The Bertz CT molecular complexity index is 408. The Labute approximate surface area is 85.4 Å². The van der Waals surface area contributed by atoms with Crippen molar-refractivity contribution in [2.24, 2.45) is 0 Å². The van der Waals surface area contributed by atoms with Gasteiger partial charge in [-0.2, -0.15) is 0 Å². The number of carbonyl (C=O) groups is 1. The van der Waals surface area contributed by atoms with Crippen LogP contribution < -0.4 is 5.32 Å². The summed E-state index contributed by atoms with van der Waals surface area (Å²) >= 11 is 1.56. The Kier molecular flexibility index (Phi) is 2.09. The molecule has 0 bridgehead atoms. The molecule has 1 aromatic rings. The number of guanidine groups is 1. The summed E-state index contributed by atoms with van der Waals surface area (Å²) in [5.74, 6) is -0.0938. The van der Waals surface area contributed by atoms with Gasteiger partial charge in [0.2, 0.25) is 5.96 Å². The Morgan fingerprint density at radius 3 is 2.93 bits per heavy atom. The molecule has 1 aliphatic heterocycles. The van der Waals surface area contributed by atoms with E-state index in [2.05, 4.69) is 5.32 Å². The maximum atomic E-state index is 11.4. The summed E-state index contributed by atoms with van der Waals surface area (Å²) in [5.41, 5.74) is 0.512. The average molecular weight is 207 g/mol.